The second-order valence-electron chi connectivity index (χ2n) is 6.11. The Hall–Kier alpha value is -3.34. The highest BCUT2D eigenvalue weighted by molar-refractivity contribution is 5.92. The molecule has 0 radical (unpaired) electrons. The van der Waals surface area contributed by atoms with E-state index in [0.29, 0.717) is 17.2 Å². The molecule has 2 aromatic heterocycles. The summed E-state index contributed by atoms with van der Waals surface area (Å²) in [6.45, 7) is 2.09. The summed E-state index contributed by atoms with van der Waals surface area (Å²) >= 11 is 0. The highest BCUT2D eigenvalue weighted by atomic mass is 16.5. The third-order valence-corrected chi connectivity index (χ3v) is 4.21. The van der Waals surface area contributed by atoms with Crippen molar-refractivity contribution in [1.82, 2.24) is 5.16 Å². The molecule has 0 aliphatic rings. The van der Waals surface area contributed by atoms with Gasteiger partial charge in [0.25, 0.3) is 0 Å². The zero-order chi connectivity index (χ0) is 17.9. The molecule has 4 aromatic rings. The number of nitrogens with zero attached hydrogens (tertiary/aromatic N) is 1. The Bertz CT molecular complexity index is 1010. The zero-order valence-corrected chi connectivity index (χ0v) is 14.4. The fourth-order valence-electron chi connectivity index (χ4n) is 2.81. The molecule has 0 bridgehead atoms. The summed E-state index contributed by atoms with van der Waals surface area (Å²) in [6, 6.07) is 19.2. The van der Waals surface area contributed by atoms with Crippen molar-refractivity contribution in [1.29, 1.82) is 0 Å². The summed E-state index contributed by atoms with van der Waals surface area (Å²) in [6.07, 6.45) is 1.11. The molecule has 26 heavy (non-hydrogen) atoms. The van der Waals surface area contributed by atoms with Crippen LogP contribution < -0.4 is 5.32 Å². The number of anilines is 1. The maximum atomic E-state index is 12.2. The van der Waals surface area contributed by atoms with E-state index < -0.39 is 0 Å². The van der Waals surface area contributed by atoms with Crippen molar-refractivity contribution in [3.05, 3.63) is 71.9 Å². The molecule has 0 fully saturated rings. The molecule has 2 heterocycles. The number of carbonyl (C=O) groups excluding carboxylic acids is 1. The highest BCUT2D eigenvalue weighted by Gasteiger charge is 2.14. The van der Waals surface area contributed by atoms with Crippen LogP contribution in [0.1, 0.15) is 18.2 Å². The van der Waals surface area contributed by atoms with Crippen LogP contribution in [0.4, 0.5) is 5.69 Å². The topological polar surface area (TPSA) is 68.3 Å². The molecular formula is C21H18N2O3. The maximum Gasteiger partial charge on any atom is 0.230 e. The Morgan fingerprint density at radius 2 is 1.85 bits per heavy atom. The van der Waals surface area contributed by atoms with E-state index in [-0.39, 0.29) is 12.3 Å². The van der Waals surface area contributed by atoms with Gasteiger partial charge in [-0.15, -0.1) is 0 Å². The van der Waals surface area contributed by atoms with Crippen molar-refractivity contribution in [2.75, 3.05) is 5.32 Å². The van der Waals surface area contributed by atoms with Gasteiger partial charge < -0.3 is 14.3 Å². The van der Waals surface area contributed by atoms with Crippen molar-refractivity contribution in [3.63, 3.8) is 0 Å². The van der Waals surface area contributed by atoms with Gasteiger partial charge in [-0.2, -0.15) is 0 Å². The van der Waals surface area contributed by atoms with Crippen LogP contribution in [0.25, 0.3) is 22.5 Å². The van der Waals surface area contributed by atoms with Crippen LogP contribution in [-0.4, -0.2) is 11.1 Å². The minimum absolute atomic E-state index is 0.138. The lowest BCUT2D eigenvalue weighted by atomic mass is 10.1. The third-order valence-electron chi connectivity index (χ3n) is 4.21. The van der Waals surface area contributed by atoms with E-state index in [9.17, 15) is 4.79 Å². The number of carbonyl (C=O) groups is 1. The Morgan fingerprint density at radius 3 is 2.62 bits per heavy atom. The number of aryl methyl sites for hydroxylation is 1. The van der Waals surface area contributed by atoms with Gasteiger partial charge >= 0.3 is 0 Å². The van der Waals surface area contributed by atoms with Crippen LogP contribution in [0.3, 0.4) is 0 Å². The lowest BCUT2D eigenvalue weighted by molar-refractivity contribution is -0.115. The summed E-state index contributed by atoms with van der Waals surface area (Å²) < 4.78 is 11.1. The summed E-state index contributed by atoms with van der Waals surface area (Å²) in [5.41, 5.74) is 3.35. The molecular weight excluding hydrogens is 328 g/mol. The summed E-state index contributed by atoms with van der Waals surface area (Å²) in [7, 11) is 0. The number of nitrogens with one attached hydrogen (secondary N) is 1. The van der Waals surface area contributed by atoms with Crippen LogP contribution in [-0.2, 0) is 17.6 Å². The van der Waals surface area contributed by atoms with Crippen LogP contribution in [0.15, 0.2) is 69.6 Å². The monoisotopic (exact) mass is 346 g/mol. The molecule has 1 amide bonds. The summed E-state index contributed by atoms with van der Waals surface area (Å²) in [5, 5.41) is 7.84. The zero-order valence-electron chi connectivity index (χ0n) is 14.4. The average molecular weight is 346 g/mol. The van der Waals surface area contributed by atoms with Gasteiger partial charge in [0.1, 0.15) is 5.58 Å². The van der Waals surface area contributed by atoms with E-state index in [1.165, 1.54) is 5.56 Å². The Labute approximate surface area is 150 Å². The number of benzene rings is 2. The number of para-hydroxylation sites is 1. The first-order valence-corrected chi connectivity index (χ1v) is 8.54. The lowest BCUT2D eigenvalue weighted by Crippen LogP contribution is -2.14. The fourth-order valence-corrected chi connectivity index (χ4v) is 2.81. The number of amides is 1. The smallest absolute Gasteiger partial charge is 0.230 e. The van der Waals surface area contributed by atoms with Gasteiger partial charge in [0.05, 0.1) is 12.1 Å². The van der Waals surface area contributed by atoms with Gasteiger partial charge in [-0.1, -0.05) is 42.4 Å². The minimum atomic E-state index is -0.140. The number of hydrogen-bond acceptors (Lipinski definition) is 4. The van der Waals surface area contributed by atoms with Gasteiger partial charge in [0.15, 0.2) is 5.76 Å². The van der Waals surface area contributed by atoms with E-state index in [2.05, 4.69) is 17.4 Å². The minimum Gasteiger partial charge on any atom is -0.453 e. The first-order valence-electron chi connectivity index (χ1n) is 8.54. The van der Waals surface area contributed by atoms with Gasteiger partial charge in [-0.3, -0.25) is 4.79 Å². The van der Waals surface area contributed by atoms with E-state index in [0.717, 1.165) is 23.1 Å². The van der Waals surface area contributed by atoms with E-state index >= 15 is 0 Å². The summed E-state index contributed by atoms with van der Waals surface area (Å²) in [5.74, 6) is 0.968. The van der Waals surface area contributed by atoms with Crippen molar-refractivity contribution < 1.29 is 13.7 Å². The molecule has 5 nitrogen and oxygen atoms in total. The molecule has 1 N–H and O–H groups in total. The quantitative estimate of drug-likeness (QED) is 0.562. The van der Waals surface area contributed by atoms with Crippen LogP contribution in [0.2, 0.25) is 0 Å². The first-order chi connectivity index (χ1) is 12.7. The molecule has 4 rings (SSSR count). The van der Waals surface area contributed by atoms with Crippen molar-refractivity contribution >= 4 is 22.6 Å². The molecule has 0 spiro atoms. The standard InChI is InChI=1S/C21H18N2O3/c1-2-14-7-9-16(10-8-14)22-21(24)13-17-12-20(26-23-17)19-11-15-5-3-4-6-18(15)25-19/h3-12H,2,13H2,1H3,(H,22,24). The van der Waals surface area contributed by atoms with Gasteiger partial charge in [0.2, 0.25) is 11.7 Å². The Kier molecular flexibility index (Phi) is 4.27. The van der Waals surface area contributed by atoms with Gasteiger partial charge in [-0.25, -0.2) is 0 Å². The fraction of sp³-hybridized carbons (Fsp3) is 0.143. The molecule has 2 aromatic carbocycles. The van der Waals surface area contributed by atoms with E-state index in [1.807, 2.05) is 54.6 Å². The second kappa shape index (κ2) is 6.88. The third kappa shape index (κ3) is 3.37. The molecule has 5 heteroatoms. The number of fused-ring (bicyclic) bond motifs is 1. The van der Waals surface area contributed by atoms with Crippen LogP contribution >= 0.6 is 0 Å². The Balaban J connectivity index is 1.44. The molecule has 0 aliphatic heterocycles. The van der Waals surface area contributed by atoms with E-state index in [1.54, 1.807) is 6.07 Å². The van der Waals surface area contributed by atoms with Crippen LogP contribution in [0.5, 0.6) is 0 Å². The number of furan rings is 1. The Morgan fingerprint density at radius 1 is 1.04 bits per heavy atom. The largest absolute Gasteiger partial charge is 0.453 e. The van der Waals surface area contributed by atoms with Crippen molar-refractivity contribution in [3.8, 4) is 11.5 Å². The number of rotatable bonds is 5. The number of aromatic nitrogens is 1. The molecule has 0 atom stereocenters. The SMILES string of the molecule is CCc1ccc(NC(=O)Cc2cc(-c3cc4ccccc4o3)on2)cc1. The molecule has 0 aliphatic carbocycles. The second-order valence-corrected chi connectivity index (χ2v) is 6.11. The van der Waals surface area contributed by atoms with Crippen molar-refractivity contribution in [2.45, 2.75) is 19.8 Å². The normalized spacial score (nSPS) is 11.0. The molecule has 0 saturated heterocycles. The van der Waals surface area contributed by atoms with Gasteiger partial charge in [0, 0.05) is 17.1 Å². The molecule has 0 saturated carbocycles. The lowest BCUT2D eigenvalue weighted by Gasteiger charge is -2.04. The van der Waals surface area contributed by atoms with Crippen molar-refractivity contribution in [2.24, 2.45) is 0 Å². The summed E-state index contributed by atoms with van der Waals surface area (Å²) in [4.78, 5) is 12.2. The average Bonchev–Trinajstić information content (AvgIpc) is 3.28. The highest BCUT2D eigenvalue weighted by Crippen LogP contribution is 2.28. The maximum absolute atomic E-state index is 12.2. The van der Waals surface area contributed by atoms with Crippen LogP contribution in [0, 0.1) is 0 Å². The predicted molar refractivity (Wildman–Crippen MR) is 99.9 cm³/mol. The first kappa shape index (κ1) is 16.1. The number of hydrogen-bond donors (Lipinski definition) is 1. The predicted octanol–water partition coefficient (Wildman–Crippen LogP) is 4.83. The molecule has 0 unspecified atom stereocenters. The molecule has 130 valence electrons. The van der Waals surface area contributed by atoms with Gasteiger partial charge in [-0.05, 0) is 36.2 Å². The van der Waals surface area contributed by atoms with E-state index in [4.69, 9.17) is 8.94 Å².